The van der Waals surface area contributed by atoms with Crippen molar-refractivity contribution < 1.29 is 75.3 Å². The molecule has 0 aliphatic carbocycles. The van der Waals surface area contributed by atoms with E-state index in [0.29, 0.717) is 36.5 Å². The van der Waals surface area contributed by atoms with Gasteiger partial charge in [0.15, 0.2) is 28.1 Å². The molecule has 0 saturated heterocycles. The number of carboxylic acid groups (broad SMARTS) is 4. The summed E-state index contributed by atoms with van der Waals surface area (Å²) in [6.45, 7) is 0.258. The first-order valence-electron chi connectivity index (χ1n) is 23.0. The molecule has 6 rings (SSSR count). The van der Waals surface area contributed by atoms with E-state index in [1.807, 2.05) is 0 Å². The number of rotatable bonds is 26. The Morgan fingerprint density at radius 1 is 0.646 bits per heavy atom. The minimum Gasteiger partial charge on any atom is -0.693 e. The molecule has 2 amide bonds. The molecule has 17 N–H and O–H groups in total. The molecular weight excluding hydrogens is 1260 g/mol. The van der Waals surface area contributed by atoms with Gasteiger partial charge in [-0.05, 0) is 55.4 Å². The van der Waals surface area contributed by atoms with E-state index in [1.165, 1.54) is 12.4 Å². The number of Topliss-reactive ketones (excluding diaryl/α,β-unsaturated/α-hetero) is 2. The monoisotopic (exact) mass is 1320 g/mol. The number of nitrogen functional groups attached to an aromatic ring is 2. The fraction of sp³-hybridized carbons (Fsp3) is 0.319. The second-order valence-corrected chi connectivity index (χ2v) is 19.8. The van der Waals surface area contributed by atoms with Crippen molar-refractivity contribution in [3.8, 4) is 0 Å². The molecule has 32 heteroatoms. The first kappa shape index (κ1) is 66.7. The summed E-state index contributed by atoms with van der Waals surface area (Å²) in [6, 6.07) is 11.8. The molecule has 2 unspecified atom stereocenters. The van der Waals surface area contributed by atoms with Crippen LogP contribution in [0.5, 0.6) is 0 Å². The van der Waals surface area contributed by atoms with Gasteiger partial charge >= 0.3 is 59.2 Å². The van der Waals surface area contributed by atoms with Crippen LogP contribution in [0, 0.1) is 5.92 Å². The van der Waals surface area contributed by atoms with Gasteiger partial charge in [0.05, 0.1) is 30.4 Å². The number of benzene rings is 2. The second-order valence-electron chi connectivity index (χ2n) is 16.5. The van der Waals surface area contributed by atoms with Crippen molar-refractivity contribution in [1.82, 2.24) is 50.5 Å². The number of ketones is 2. The van der Waals surface area contributed by atoms with E-state index in [9.17, 15) is 58.2 Å². The molecule has 0 aliphatic heterocycles. The van der Waals surface area contributed by atoms with Gasteiger partial charge in [0.1, 0.15) is 17.6 Å². The standard InChI is InChI=1S/C24H26N6O7.C23H25N7O7.2ClH.2H2N.Pt/c25-24-29-20-19(22(35)30-24)27-15(12-26-20)9-6-13-4-7-14(8-5-13)21(34)28-17(23(36)37)11-10-16(31)2-1-3-18(32)33;24-23-29-20-19(21(35)30-23)28-16(11-27-20)26-10-12-1-3-13(4-2-12)15(31)9-14(22(36)37)5-6-17(32)25-8-7-18(33)34;;;;;/h4-5,7-8,12,17H,1-3,6,9-11H2,(H,28,34)(H,32,33)(H,36,37)(H3,25,26,29,30,35);1-4,11,14H,5-10H2,(H,25,32)(H,26,28)(H,33,34)(H,36,37)(H3,24,27,29,30,35);2*1H;2*1H2;/q;;;;2*-1;+4/p-2. The van der Waals surface area contributed by atoms with Gasteiger partial charge < -0.3 is 60.1 Å². The molecule has 426 valence electrons. The largest absolute Gasteiger partial charge is 0.693 e. The minimum atomic E-state index is -1.27. The number of carbonyl (C=O) groups excluding carboxylic acids is 4. The van der Waals surface area contributed by atoms with Crippen molar-refractivity contribution in [3.05, 3.63) is 122 Å². The molecule has 6 aromatic rings. The molecule has 2 aromatic carbocycles. The van der Waals surface area contributed by atoms with E-state index in [0.717, 1.165) is 11.1 Å². The third kappa shape index (κ3) is 23.0. The summed E-state index contributed by atoms with van der Waals surface area (Å²) in [5.74, 6) is -7.05. The predicted octanol–water partition coefficient (Wildman–Crippen LogP) is 4.23. The van der Waals surface area contributed by atoms with E-state index in [1.54, 1.807) is 48.5 Å². The molecule has 4 aromatic heterocycles. The third-order valence-electron chi connectivity index (χ3n) is 10.9. The number of halogens is 2. The van der Waals surface area contributed by atoms with Crippen LogP contribution in [-0.4, -0.2) is 120 Å². The summed E-state index contributed by atoms with van der Waals surface area (Å²) < 4.78 is 0. The molecule has 2 atom stereocenters. The van der Waals surface area contributed by atoms with Crippen LogP contribution >= 0.6 is 18.8 Å². The molecule has 79 heavy (non-hydrogen) atoms. The van der Waals surface area contributed by atoms with Gasteiger partial charge in [-0.15, -0.1) is 0 Å². The number of aromatic amines is 2. The van der Waals surface area contributed by atoms with Crippen LogP contribution < -0.4 is 38.5 Å². The van der Waals surface area contributed by atoms with Crippen LogP contribution in [0.3, 0.4) is 0 Å². The Labute approximate surface area is 464 Å². The van der Waals surface area contributed by atoms with Gasteiger partial charge in [0.2, 0.25) is 17.8 Å². The van der Waals surface area contributed by atoms with Gasteiger partial charge in [-0.1, -0.05) is 36.4 Å². The van der Waals surface area contributed by atoms with E-state index in [-0.39, 0.29) is 128 Å². The number of anilines is 3. The van der Waals surface area contributed by atoms with Gasteiger partial charge in [-0.2, -0.15) is 9.97 Å². The van der Waals surface area contributed by atoms with Crippen molar-refractivity contribution in [3.63, 3.8) is 0 Å². The number of nitrogens with one attached hydrogen (secondary N) is 5. The van der Waals surface area contributed by atoms with Crippen molar-refractivity contribution >= 4 is 106 Å². The van der Waals surface area contributed by atoms with E-state index >= 15 is 0 Å². The number of nitrogens with two attached hydrogens (primary N) is 4. The Bertz CT molecular complexity index is 3000. The number of aromatic nitrogens is 8. The zero-order valence-corrected chi connectivity index (χ0v) is 45.3. The number of carbonyl (C=O) groups is 8. The molecule has 0 radical (unpaired) electrons. The number of aliphatic carboxylic acids is 4. The topological polar surface area (TPSA) is 516 Å². The van der Waals surface area contributed by atoms with Gasteiger partial charge in [-0.3, -0.25) is 53.1 Å². The predicted molar refractivity (Wildman–Crippen MR) is 284 cm³/mol. The Balaban J connectivity index is 0.000000502. The number of H-pyrrole nitrogens is 2. The average Bonchev–Trinajstić information content (AvgIpc) is 3.38. The van der Waals surface area contributed by atoms with Gasteiger partial charge in [-0.25, -0.2) is 24.7 Å². The first-order valence-corrected chi connectivity index (χ1v) is 28.6. The van der Waals surface area contributed by atoms with E-state index < -0.39 is 75.3 Å². The van der Waals surface area contributed by atoms with Crippen LogP contribution in [0.2, 0.25) is 0 Å². The van der Waals surface area contributed by atoms with Crippen molar-refractivity contribution in [2.75, 3.05) is 23.3 Å². The van der Waals surface area contributed by atoms with Gasteiger partial charge in [0, 0.05) is 56.3 Å². The number of amides is 2. The second kappa shape index (κ2) is 33.7. The van der Waals surface area contributed by atoms with Crippen molar-refractivity contribution in [2.24, 2.45) is 5.92 Å². The summed E-state index contributed by atoms with van der Waals surface area (Å²) in [5.41, 5.74) is 13.2. The normalized spacial score (nSPS) is 11.2. The molecule has 0 spiro atoms. The summed E-state index contributed by atoms with van der Waals surface area (Å²) >= 11 is -0.472. The molecule has 0 saturated carbocycles. The molecule has 0 bridgehead atoms. The van der Waals surface area contributed by atoms with Crippen LogP contribution in [-0.2, 0) is 64.6 Å². The smallest absolute Gasteiger partial charge is 0.693 e. The Morgan fingerprint density at radius 2 is 1.20 bits per heavy atom. The number of nitrogens with zero attached hydrogens (tertiary/aromatic N) is 6. The third-order valence-corrected chi connectivity index (χ3v) is 10.9. The van der Waals surface area contributed by atoms with Crippen LogP contribution in [0.4, 0.5) is 17.7 Å². The Morgan fingerprint density at radius 3 is 1.77 bits per heavy atom. The zero-order valence-electron chi connectivity index (χ0n) is 41.6. The minimum absolute atomic E-state index is 0. The zero-order chi connectivity index (χ0) is 56.6. The van der Waals surface area contributed by atoms with Crippen LogP contribution in [0.25, 0.3) is 34.6 Å². The van der Waals surface area contributed by atoms with E-state index in [2.05, 4.69) is 55.8 Å². The first-order chi connectivity index (χ1) is 36.6. The number of fused-ring (bicyclic) bond motifs is 2. The molecular formula is C47H55Cl2N15O14Pt. The average molecular weight is 1320 g/mol. The molecule has 29 nitrogen and oxygen atoms in total. The summed E-state index contributed by atoms with van der Waals surface area (Å²) in [7, 11) is 9.75. The maximum absolute atomic E-state index is 12.6. The molecule has 0 aliphatic rings. The summed E-state index contributed by atoms with van der Waals surface area (Å²) in [5, 5.41) is 43.9. The summed E-state index contributed by atoms with van der Waals surface area (Å²) in [4.78, 5) is 146. The summed E-state index contributed by atoms with van der Waals surface area (Å²) in [6.07, 6.45) is 3.14. The van der Waals surface area contributed by atoms with Crippen molar-refractivity contribution in [1.29, 1.82) is 0 Å². The fourth-order valence-corrected chi connectivity index (χ4v) is 6.93. The van der Waals surface area contributed by atoms with E-state index in [4.69, 9.17) is 40.5 Å². The Kier molecular flexibility index (Phi) is 28.5. The molecule has 0 fully saturated rings. The maximum atomic E-state index is 12.6. The Hall–Kier alpha value is -8.37. The fourth-order valence-electron chi connectivity index (χ4n) is 6.93. The molecule has 4 heterocycles. The maximum Gasteiger partial charge on any atom is -0.693 e. The quantitative estimate of drug-likeness (QED) is 0.0338. The number of hydrogen-bond donors (Lipinski definition) is 11. The van der Waals surface area contributed by atoms with Crippen LogP contribution in [0.15, 0.2) is 70.5 Å². The van der Waals surface area contributed by atoms with Crippen LogP contribution in [0.1, 0.15) is 95.3 Å². The number of aryl methyl sites for hydroxylation is 2. The SMILES string of the molecule is Nc1nc2ncc(CCc3ccc(C(=O)NC(CCC(=O)CCCC(=O)O)C(=O)O)cc3)nc2c(=O)[nH]1.Nc1nc2ncc(NCc3ccc(C(=O)CC(CCC(=O)NCCC(=O)O)C(=O)O)cc3)nc2c(=O)[nH]1.[Cl][Pt+2][Cl].[NH2-].[NH2-]. The van der Waals surface area contributed by atoms with Crippen molar-refractivity contribution in [2.45, 2.75) is 83.2 Å². The number of carboxylic acids is 4. The number of hydrogen-bond acceptors (Lipinski definition) is 19. The van der Waals surface area contributed by atoms with Gasteiger partial charge in [0.25, 0.3) is 17.0 Å².